The minimum absolute atomic E-state index is 0.414. The summed E-state index contributed by atoms with van der Waals surface area (Å²) in [5.41, 5.74) is 3.48. The number of nitriles is 1. The summed E-state index contributed by atoms with van der Waals surface area (Å²) in [4.78, 5) is 4.37. The minimum atomic E-state index is 0.414. The molecule has 3 nitrogen and oxygen atoms in total. The molecule has 2 rings (SSSR count). The lowest BCUT2D eigenvalue weighted by atomic mass is 10.1. The summed E-state index contributed by atoms with van der Waals surface area (Å²) < 4.78 is 5.71. The van der Waals surface area contributed by atoms with E-state index in [4.69, 9.17) is 10.00 Å². The Morgan fingerprint density at radius 2 is 2.06 bits per heavy atom. The number of rotatable bonds is 3. The molecule has 0 atom stereocenters. The maximum Gasteiger partial charge on any atom is 0.130 e. The zero-order valence-electron chi connectivity index (χ0n) is 10.5. The second-order valence-corrected chi connectivity index (χ2v) is 4.15. The molecule has 0 fully saturated rings. The maximum absolute atomic E-state index is 8.86. The van der Waals surface area contributed by atoms with E-state index in [-0.39, 0.29) is 0 Å². The molecular weight excluding hydrogens is 224 g/mol. The molecule has 3 heteroatoms. The Morgan fingerprint density at radius 3 is 2.78 bits per heavy atom. The molecule has 1 aromatic heterocycles. The number of aryl methyl sites for hydroxylation is 2. The fourth-order valence-electron chi connectivity index (χ4n) is 1.66. The summed E-state index contributed by atoms with van der Waals surface area (Å²) in [6, 6.07) is 13.4. The third-order valence-electron chi connectivity index (χ3n) is 2.64. The van der Waals surface area contributed by atoms with Crippen molar-refractivity contribution in [1.29, 1.82) is 5.26 Å². The second-order valence-electron chi connectivity index (χ2n) is 4.15. The van der Waals surface area contributed by atoms with Crippen molar-refractivity contribution in [3.8, 4) is 11.8 Å². The van der Waals surface area contributed by atoms with Crippen molar-refractivity contribution in [2.45, 2.75) is 20.5 Å². The van der Waals surface area contributed by atoms with Crippen LogP contribution in [0.3, 0.4) is 0 Å². The van der Waals surface area contributed by atoms with Gasteiger partial charge in [-0.25, -0.2) is 0 Å². The Labute approximate surface area is 107 Å². The number of hydrogen-bond acceptors (Lipinski definition) is 3. The molecule has 0 saturated carbocycles. The van der Waals surface area contributed by atoms with E-state index in [2.05, 4.69) is 11.1 Å². The highest BCUT2D eigenvalue weighted by Crippen LogP contribution is 2.20. The van der Waals surface area contributed by atoms with Crippen molar-refractivity contribution in [3.05, 3.63) is 58.9 Å². The predicted molar refractivity (Wildman–Crippen MR) is 69.2 cm³/mol. The van der Waals surface area contributed by atoms with Crippen LogP contribution in [0.25, 0.3) is 0 Å². The van der Waals surface area contributed by atoms with E-state index in [0.29, 0.717) is 12.2 Å². The van der Waals surface area contributed by atoms with Gasteiger partial charge in [0.15, 0.2) is 0 Å². The van der Waals surface area contributed by atoms with E-state index < -0.39 is 0 Å². The molecule has 0 N–H and O–H groups in total. The second kappa shape index (κ2) is 5.33. The van der Waals surface area contributed by atoms with Crippen LogP contribution in [-0.2, 0) is 6.61 Å². The summed E-state index contributed by atoms with van der Waals surface area (Å²) in [6.07, 6.45) is 0. The molecule has 90 valence electrons. The van der Waals surface area contributed by atoms with Crippen LogP contribution >= 0.6 is 0 Å². The molecule has 2 aromatic rings. The van der Waals surface area contributed by atoms with Gasteiger partial charge in [-0.2, -0.15) is 5.26 Å². The number of aromatic nitrogens is 1. The molecule has 1 aromatic carbocycles. The van der Waals surface area contributed by atoms with Crippen LogP contribution in [-0.4, -0.2) is 4.98 Å². The fourth-order valence-corrected chi connectivity index (χ4v) is 1.66. The summed E-state index contributed by atoms with van der Waals surface area (Å²) in [6.45, 7) is 4.32. The molecule has 18 heavy (non-hydrogen) atoms. The van der Waals surface area contributed by atoms with Crippen LogP contribution < -0.4 is 4.74 Å². The van der Waals surface area contributed by atoms with Gasteiger partial charge in [-0.1, -0.05) is 12.1 Å². The Bertz CT molecular complexity index is 600. The first-order chi connectivity index (χ1) is 8.69. The van der Waals surface area contributed by atoms with E-state index in [0.717, 1.165) is 22.7 Å². The van der Waals surface area contributed by atoms with Crippen LogP contribution in [0.1, 0.15) is 22.5 Å². The van der Waals surface area contributed by atoms with Gasteiger partial charge >= 0.3 is 0 Å². The lowest BCUT2D eigenvalue weighted by molar-refractivity contribution is 0.299. The standard InChI is InChI=1S/C15H14N2O/c1-11-6-7-13(9-16)8-15(11)18-10-14-5-3-4-12(2)17-14/h3-8H,10H2,1-2H3. The normalized spacial score (nSPS) is 9.83. The monoisotopic (exact) mass is 238 g/mol. The fraction of sp³-hybridized carbons (Fsp3) is 0.200. The van der Waals surface area contributed by atoms with Gasteiger partial charge in [0.1, 0.15) is 12.4 Å². The van der Waals surface area contributed by atoms with Gasteiger partial charge in [-0.3, -0.25) is 4.98 Å². The van der Waals surface area contributed by atoms with Crippen molar-refractivity contribution in [2.24, 2.45) is 0 Å². The molecule has 0 saturated heterocycles. The van der Waals surface area contributed by atoms with Gasteiger partial charge in [0.25, 0.3) is 0 Å². The predicted octanol–water partition coefficient (Wildman–Crippen LogP) is 3.15. The van der Waals surface area contributed by atoms with Gasteiger partial charge in [-0.05, 0) is 43.7 Å². The molecule has 0 bridgehead atoms. The van der Waals surface area contributed by atoms with Crippen molar-refractivity contribution >= 4 is 0 Å². The number of benzene rings is 1. The lowest BCUT2D eigenvalue weighted by Crippen LogP contribution is -2.00. The van der Waals surface area contributed by atoms with E-state index in [1.807, 2.05) is 38.1 Å². The molecule has 0 aliphatic carbocycles. The first kappa shape index (κ1) is 12.1. The average Bonchev–Trinajstić information content (AvgIpc) is 2.38. The lowest BCUT2D eigenvalue weighted by Gasteiger charge is -2.09. The third-order valence-corrected chi connectivity index (χ3v) is 2.64. The Hall–Kier alpha value is -2.34. The van der Waals surface area contributed by atoms with Crippen LogP contribution in [0.5, 0.6) is 5.75 Å². The van der Waals surface area contributed by atoms with Crippen molar-refractivity contribution in [2.75, 3.05) is 0 Å². The molecule has 0 unspecified atom stereocenters. The Kier molecular flexibility index (Phi) is 3.59. The molecule has 0 aliphatic heterocycles. The SMILES string of the molecule is Cc1cccc(COc2cc(C#N)ccc2C)n1. The smallest absolute Gasteiger partial charge is 0.130 e. The number of nitrogens with zero attached hydrogens (tertiary/aromatic N) is 2. The number of hydrogen-bond donors (Lipinski definition) is 0. The Balaban J connectivity index is 2.13. The summed E-state index contributed by atoms with van der Waals surface area (Å²) >= 11 is 0. The maximum atomic E-state index is 8.86. The summed E-state index contributed by atoms with van der Waals surface area (Å²) in [5.74, 6) is 0.734. The molecule has 0 radical (unpaired) electrons. The van der Waals surface area contributed by atoms with Crippen molar-refractivity contribution in [3.63, 3.8) is 0 Å². The van der Waals surface area contributed by atoms with Crippen molar-refractivity contribution in [1.82, 2.24) is 4.98 Å². The van der Waals surface area contributed by atoms with E-state index in [1.165, 1.54) is 0 Å². The summed E-state index contributed by atoms with van der Waals surface area (Å²) in [7, 11) is 0. The molecule has 0 amide bonds. The number of pyridine rings is 1. The largest absolute Gasteiger partial charge is 0.487 e. The van der Waals surface area contributed by atoms with E-state index >= 15 is 0 Å². The molecule has 0 spiro atoms. The van der Waals surface area contributed by atoms with Gasteiger partial charge in [0.05, 0.1) is 17.3 Å². The van der Waals surface area contributed by atoms with Gasteiger partial charge < -0.3 is 4.74 Å². The van der Waals surface area contributed by atoms with Crippen LogP contribution in [0.4, 0.5) is 0 Å². The minimum Gasteiger partial charge on any atom is -0.487 e. The summed E-state index contributed by atoms with van der Waals surface area (Å²) in [5, 5.41) is 8.86. The van der Waals surface area contributed by atoms with Gasteiger partial charge in [-0.15, -0.1) is 0 Å². The van der Waals surface area contributed by atoms with Crippen LogP contribution in [0, 0.1) is 25.2 Å². The van der Waals surface area contributed by atoms with Crippen molar-refractivity contribution < 1.29 is 4.74 Å². The van der Waals surface area contributed by atoms with Crippen LogP contribution in [0.15, 0.2) is 36.4 Å². The highest BCUT2D eigenvalue weighted by molar-refractivity contribution is 5.41. The first-order valence-electron chi connectivity index (χ1n) is 5.75. The first-order valence-corrected chi connectivity index (χ1v) is 5.75. The molecule has 1 heterocycles. The number of ether oxygens (including phenoxy) is 1. The topological polar surface area (TPSA) is 45.9 Å². The third kappa shape index (κ3) is 2.86. The quantitative estimate of drug-likeness (QED) is 0.825. The highest BCUT2D eigenvalue weighted by atomic mass is 16.5. The van der Waals surface area contributed by atoms with Gasteiger partial charge in [0, 0.05) is 5.69 Å². The zero-order chi connectivity index (χ0) is 13.0. The Morgan fingerprint density at radius 1 is 1.22 bits per heavy atom. The highest BCUT2D eigenvalue weighted by Gasteiger charge is 2.03. The average molecular weight is 238 g/mol. The zero-order valence-corrected chi connectivity index (χ0v) is 10.5. The van der Waals surface area contributed by atoms with Gasteiger partial charge in [0.2, 0.25) is 0 Å². The van der Waals surface area contributed by atoms with E-state index in [9.17, 15) is 0 Å². The van der Waals surface area contributed by atoms with E-state index in [1.54, 1.807) is 12.1 Å². The molecule has 0 aliphatic rings. The molecular formula is C15H14N2O. The van der Waals surface area contributed by atoms with Crippen LogP contribution in [0.2, 0.25) is 0 Å².